The molecule has 0 amide bonds. The molecule has 3 heterocycles. The van der Waals surface area contributed by atoms with E-state index in [1.165, 1.54) is 17.2 Å². The minimum Gasteiger partial charge on any atom is -0.871 e. The zero-order chi connectivity index (χ0) is 23.3. The normalized spacial score (nSPS) is 24.2. The molecule has 3 rings (SSSR count). The van der Waals surface area contributed by atoms with E-state index in [9.17, 15) is 15.0 Å². The number of aliphatic carboxylic acids is 1. The van der Waals surface area contributed by atoms with Crippen molar-refractivity contribution in [3.63, 3.8) is 0 Å². The standard InChI is InChI=1S/C15H22N6O5S.BHO3.Li/c1-27(3-2-7(16)15(24)25)4-8-10(22)11(23)14(26-8)21-6-20-9-12(17)18-5-19-13(9)21;2-1(3)4;/h5-8,10-11,14,22-23H,2-4,16H2,1H3,(H2-,17,18,19,24,25);2H;/q;-2;+1/p+1/t7-,8+,10+,11+,14+,27?;;/m0../s1. The summed E-state index contributed by atoms with van der Waals surface area (Å²) in [6.07, 6.45) is 1.31. The van der Waals surface area contributed by atoms with E-state index in [2.05, 4.69) is 15.0 Å². The van der Waals surface area contributed by atoms with Gasteiger partial charge in [-0.2, -0.15) is 0 Å². The Kier molecular flexibility index (Phi) is 11.3. The number of carboxylic acids is 1. The van der Waals surface area contributed by atoms with Gasteiger partial charge in [-0.3, -0.25) is 9.36 Å². The minimum atomic E-state index is -2.67. The van der Waals surface area contributed by atoms with Crippen LogP contribution in [0.2, 0.25) is 0 Å². The van der Waals surface area contributed by atoms with Gasteiger partial charge in [0.1, 0.15) is 47.7 Å². The van der Waals surface area contributed by atoms with Crippen molar-refractivity contribution in [1.82, 2.24) is 19.5 Å². The smallest absolute Gasteiger partial charge is 0.871 e. The van der Waals surface area contributed by atoms with Gasteiger partial charge < -0.3 is 46.6 Å². The number of aliphatic hydroxyl groups is 2. The molecule has 2 aromatic heterocycles. The van der Waals surface area contributed by atoms with Gasteiger partial charge in [-0.25, -0.2) is 15.0 Å². The fourth-order valence-electron chi connectivity index (χ4n) is 2.97. The quantitative estimate of drug-likeness (QED) is 0.164. The third-order valence-corrected chi connectivity index (χ3v) is 6.37. The van der Waals surface area contributed by atoms with Gasteiger partial charge >= 0.3 is 24.8 Å². The van der Waals surface area contributed by atoms with Crippen molar-refractivity contribution < 1.29 is 58.8 Å². The number of carbonyl (C=O) groups is 1. The molecule has 172 valence electrons. The molecule has 6 atom stereocenters. The Morgan fingerprint density at radius 2 is 1.97 bits per heavy atom. The Labute approximate surface area is 198 Å². The summed E-state index contributed by atoms with van der Waals surface area (Å²) < 4.78 is 7.41. The number of anilines is 1. The zero-order valence-corrected chi connectivity index (χ0v) is 18.3. The number of nitrogen functional groups attached to an aromatic ring is 1. The number of nitrogens with zero attached hydrogens (tertiary/aromatic N) is 4. The van der Waals surface area contributed by atoms with Gasteiger partial charge in [-0.15, -0.1) is 0 Å². The molecule has 14 nitrogen and oxygen atoms in total. The van der Waals surface area contributed by atoms with Gasteiger partial charge in [0.25, 0.3) is 0 Å². The predicted molar refractivity (Wildman–Crippen MR) is 107 cm³/mol. The number of ether oxygens (including phenoxy) is 1. The van der Waals surface area contributed by atoms with E-state index in [4.69, 9.17) is 36.4 Å². The predicted octanol–water partition coefficient (Wildman–Crippen LogP) is -8.23. The topological polar surface area (TPSA) is 249 Å². The molecule has 17 heteroatoms. The molecule has 0 radical (unpaired) electrons. The molecular formula is C15H24BLiN6O8S. The number of nitrogens with two attached hydrogens (primary N) is 2. The molecule has 8 N–H and O–H groups in total. The van der Waals surface area contributed by atoms with Gasteiger partial charge in [0.05, 0.1) is 19.9 Å². The maximum atomic E-state index is 10.8. The average molecular weight is 466 g/mol. The van der Waals surface area contributed by atoms with Crippen molar-refractivity contribution in [2.24, 2.45) is 5.73 Å². The van der Waals surface area contributed by atoms with Crippen molar-refractivity contribution >= 4 is 41.2 Å². The van der Waals surface area contributed by atoms with E-state index in [0.29, 0.717) is 29.1 Å². The first-order chi connectivity index (χ1) is 14.5. The molecule has 32 heavy (non-hydrogen) atoms. The first kappa shape index (κ1) is 28.6. The molecule has 0 spiro atoms. The van der Waals surface area contributed by atoms with Crippen LogP contribution in [0.5, 0.6) is 0 Å². The fraction of sp³-hybridized carbons (Fsp3) is 0.600. The summed E-state index contributed by atoms with van der Waals surface area (Å²) in [4.78, 5) is 23.0. The van der Waals surface area contributed by atoms with E-state index >= 15 is 0 Å². The Morgan fingerprint density at radius 1 is 1.34 bits per heavy atom. The van der Waals surface area contributed by atoms with Crippen molar-refractivity contribution in [2.75, 3.05) is 23.5 Å². The number of hydrogen-bond acceptors (Lipinski definition) is 12. The van der Waals surface area contributed by atoms with Crippen LogP contribution < -0.4 is 40.4 Å². The van der Waals surface area contributed by atoms with Crippen molar-refractivity contribution in [3.8, 4) is 0 Å². The van der Waals surface area contributed by atoms with Gasteiger partial charge in [0.2, 0.25) is 0 Å². The second-order valence-electron chi connectivity index (χ2n) is 6.82. The third kappa shape index (κ3) is 7.28. The van der Waals surface area contributed by atoms with Crippen LogP contribution in [0.1, 0.15) is 12.6 Å². The first-order valence-electron chi connectivity index (χ1n) is 9.04. The van der Waals surface area contributed by atoms with E-state index in [1.54, 1.807) is 0 Å². The van der Waals surface area contributed by atoms with Crippen molar-refractivity contribution in [1.29, 1.82) is 0 Å². The van der Waals surface area contributed by atoms with Gasteiger partial charge in [0.15, 0.2) is 17.7 Å². The van der Waals surface area contributed by atoms with E-state index < -0.39 is 43.9 Å². The van der Waals surface area contributed by atoms with E-state index in [1.807, 2.05) is 6.26 Å². The number of fused-ring (bicyclic) bond motifs is 1. The average Bonchev–Trinajstić information content (AvgIpc) is 3.23. The molecule has 1 aliphatic heterocycles. The Bertz CT molecular complexity index is 879. The van der Waals surface area contributed by atoms with E-state index in [-0.39, 0.29) is 35.6 Å². The molecule has 1 unspecified atom stereocenters. The molecule has 1 aliphatic rings. The molecule has 0 saturated carbocycles. The summed E-state index contributed by atoms with van der Waals surface area (Å²) in [7, 11) is -2.90. The molecule has 1 fully saturated rings. The monoisotopic (exact) mass is 466 g/mol. The summed E-state index contributed by atoms with van der Waals surface area (Å²) in [6.45, 7) is 0. The van der Waals surface area contributed by atoms with Crippen LogP contribution in [0.3, 0.4) is 0 Å². The van der Waals surface area contributed by atoms with Crippen LogP contribution in [0.25, 0.3) is 11.2 Å². The number of rotatable bonds is 7. The molecular weight excluding hydrogens is 442 g/mol. The number of imidazole rings is 1. The van der Waals surface area contributed by atoms with Crippen LogP contribution in [0.4, 0.5) is 5.82 Å². The van der Waals surface area contributed by atoms with Gasteiger partial charge in [0, 0.05) is 6.42 Å². The summed E-state index contributed by atoms with van der Waals surface area (Å²) in [5.41, 5.74) is 12.1. The van der Waals surface area contributed by atoms with Gasteiger partial charge in [-0.05, 0) is 10.9 Å². The second kappa shape index (κ2) is 12.7. The van der Waals surface area contributed by atoms with Crippen LogP contribution in [0, 0.1) is 0 Å². The molecule has 1 saturated heterocycles. The Balaban J connectivity index is 0.000000945. The number of carboxylic acid groups (broad SMARTS) is 1. The Morgan fingerprint density at radius 3 is 2.56 bits per heavy atom. The number of aliphatic hydroxyl groups excluding tert-OH is 2. The summed E-state index contributed by atoms with van der Waals surface area (Å²) >= 11 is 0. The maximum absolute atomic E-state index is 10.8. The van der Waals surface area contributed by atoms with Crippen molar-refractivity contribution in [2.45, 2.75) is 37.0 Å². The van der Waals surface area contributed by atoms with Crippen LogP contribution in [0.15, 0.2) is 12.7 Å². The minimum absolute atomic E-state index is 0. The summed E-state index contributed by atoms with van der Waals surface area (Å²) in [5, 5.41) is 53.7. The van der Waals surface area contributed by atoms with Crippen LogP contribution >= 0.6 is 0 Å². The molecule has 0 aromatic carbocycles. The van der Waals surface area contributed by atoms with Gasteiger partial charge in [-0.1, -0.05) is 0 Å². The number of aromatic nitrogens is 4. The third-order valence-electron chi connectivity index (χ3n) is 4.54. The summed E-state index contributed by atoms with van der Waals surface area (Å²) in [6, 6.07) is -0.907. The van der Waals surface area contributed by atoms with Crippen LogP contribution in [-0.2, 0) is 20.4 Å². The Hall–Kier alpha value is -1.45. The van der Waals surface area contributed by atoms with E-state index in [0.717, 1.165) is 0 Å². The fourth-order valence-corrected chi connectivity index (χ4v) is 4.63. The summed E-state index contributed by atoms with van der Waals surface area (Å²) in [5.74, 6) is 0.254. The molecule has 2 aromatic rings. The van der Waals surface area contributed by atoms with Crippen LogP contribution in [-0.4, -0.2) is 95.3 Å². The SMILES string of the molecule is C[S+](CC[C@H](N)C(=O)O)C[C@H]1O[C@@H](n2cnc3c(N)ncnc32)[C@H](O)[C@@H]1O.[Li+].[O-]B([O-])O. The molecule has 0 aliphatic carbocycles. The van der Waals surface area contributed by atoms with Crippen molar-refractivity contribution in [3.05, 3.63) is 12.7 Å². The zero-order valence-electron chi connectivity index (χ0n) is 17.5. The number of hydrogen-bond donors (Lipinski definition) is 6. The molecule has 0 bridgehead atoms. The first-order valence-corrected chi connectivity index (χ1v) is 11.0. The largest absolute Gasteiger partial charge is 1.00 e. The second-order valence-corrected chi connectivity index (χ2v) is 9.13. The maximum Gasteiger partial charge on any atom is 1.00 e.